The van der Waals surface area contributed by atoms with Crippen molar-refractivity contribution in [1.82, 2.24) is 20.0 Å². The van der Waals surface area contributed by atoms with E-state index in [1.165, 1.54) is 49.2 Å². The number of benzene rings is 1. The van der Waals surface area contributed by atoms with E-state index in [-0.39, 0.29) is 23.2 Å². The largest absolute Gasteiger partial charge is 0.349 e. The summed E-state index contributed by atoms with van der Waals surface area (Å²) in [4.78, 5) is 26.9. The van der Waals surface area contributed by atoms with Crippen LogP contribution in [0.5, 0.6) is 0 Å². The lowest BCUT2D eigenvalue weighted by Crippen LogP contribution is -2.46. The number of carbonyl (C=O) groups is 1. The second kappa shape index (κ2) is 8.43. The lowest BCUT2D eigenvalue weighted by Gasteiger charge is -2.35. The van der Waals surface area contributed by atoms with E-state index in [0.29, 0.717) is 18.2 Å². The van der Waals surface area contributed by atoms with Crippen molar-refractivity contribution >= 4 is 5.91 Å². The molecule has 3 rings (SSSR count). The molecule has 1 amide bonds. The molecule has 2 aromatic rings. The Hall–Kier alpha value is -2.54. The third-order valence-electron chi connectivity index (χ3n) is 4.97. The summed E-state index contributed by atoms with van der Waals surface area (Å²) >= 11 is 0. The Kier molecular flexibility index (Phi) is 6.01. The van der Waals surface area contributed by atoms with Crippen molar-refractivity contribution in [2.24, 2.45) is 5.92 Å². The van der Waals surface area contributed by atoms with Crippen molar-refractivity contribution in [2.75, 3.05) is 19.6 Å². The summed E-state index contributed by atoms with van der Waals surface area (Å²) in [5.41, 5.74) is 0.179. The second-order valence-corrected chi connectivity index (χ2v) is 7.25. The van der Waals surface area contributed by atoms with Crippen molar-refractivity contribution < 1.29 is 9.18 Å². The first kappa shape index (κ1) is 19.2. The number of halogens is 1. The Labute approximate surface area is 158 Å². The Bertz CT molecular complexity index is 850. The van der Waals surface area contributed by atoms with Crippen LogP contribution in [0, 0.1) is 11.7 Å². The van der Waals surface area contributed by atoms with E-state index in [0.717, 1.165) is 17.8 Å². The molecule has 0 aliphatic carbocycles. The van der Waals surface area contributed by atoms with Gasteiger partial charge in [0.1, 0.15) is 11.5 Å². The zero-order valence-electron chi connectivity index (χ0n) is 15.7. The first-order valence-electron chi connectivity index (χ1n) is 9.32. The van der Waals surface area contributed by atoms with Crippen LogP contribution in [-0.4, -0.2) is 46.3 Å². The van der Waals surface area contributed by atoms with Gasteiger partial charge in [-0.3, -0.25) is 14.5 Å². The zero-order valence-corrected chi connectivity index (χ0v) is 15.7. The molecule has 1 aromatic heterocycles. The smallest absolute Gasteiger partial charge is 0.271 e. The van der Waals surface area contributed by atoms with Gasteiger partial charge in [0.2, 0.25) is 0 Å². The van der Waals surface area contributed by atoms with Crippen LogP contribution in [0.2, 0.25) is 0 Å². The van der Waals surface area contributed by atoms with Crippen molar-refractivity contribution in [2.45, 2.75) is 32.7 Å². The number of hydrogen-bond acceptors (Lipinski definition) is 4. The summed E-state index contributed by atoms with van der Waals surface area (Å²) < 4.78 is 14.2. The van der Waals surface area contributed by atoms with Gasteiger partial charge in [-0.15, -0.1) is 0 Å². The number of rotatable bonds is 5. The van der Waals surface area contributed by atoms with Crippen molar-refractivity contribution in [3.8, 4) is 5.69 Å². The molecule has 0 unspecified atom stereocenters. The molecule has 0 radical (unpaired) electrons. The number of amides is 1. The molecular formula is C20H25FN4O2. The van der Waals surface area contributed by atoms with Gasteiger partial charge in [-0.05, 0) is 62.6 Å². The van der Waals surface area contributed by atoms with Gasteiger partial charge in [-0.25, -0.2) is 4.39 Å². The van der Waals surface area contributed by atoms with Crippen LogP contribution in [0.15, 0.2) is 41.2 Å². The summed E-state index contributed by atoms with van der Waals surface area (Å²) in [5.74, 6) is -0.0534. The van der Waals surface area contributed by atoms with Crippen LogP contribution in [0.4, 0.5) is 4.39 Å². The van der Waals surface area contributed by atoms with E-state index in [9.17, 15) is 14.0 Å². The number of nitrogens with one attached hydrogen (secondary N) is 1. The molecule has 0 saturated carbocycles. The molecule has 6 nitrogen and oxygen atoms in total. The fourth-order valence-electron chi connectivity index (χ4n) is 3.39. The van der Waals surface area contributed by atoms with E-state index < -0.39 is 5.82 Å². The van der Waals surface area contributed by atoms with Gasteiger partial charge in [-0.2, -0.15) is 9.78 Å². The second-order valence-electron chi connectivity index (χ2n) is 7.25. The molecule has 1 saturated heterocycles. The maximum Gasteiger partial charge on any atom is 0.271 e. The van der Waals surface area contributed by atoms with Gasteiger partial charge in [0.25, 0.3) is 11.5 Å². The summed E-state index contributed by atoms with van der Waals surface area (Å²) in [6.45, 7) is 6.97. The quantitative estimate of drug-likeness (QED) is 0.874. The Morgan fingerprint density at radius 2 is 2.04 bits per heavy atom. The fourth-order valence-corrected chi connectivity index (χ4v) is 3.39. The summed E-state index contributed by atoms with van der Waals surface area (Å²) in [6.07, 6.45) is 2.44. The fraction of sp³-hybridized carbons (Fsp3) is 0.450. The van der Waals surface area contributed by atoms with Crippen LogP contribution >= 0.6 is 0 Å². The molecule has 144 valence electrons. The normalized spacial score (nSPS) is 18.9. The van der Waals surface area contributed by atoms with Crippen LogP contribution in [0.1, 0.15) is 37.2 Å². The molecule has 1 aromatic carbocycles. The molecule has 1 aliphatic heterocycles. The number of aromatic nitrogens is 2. The first-order valence-corrected chi connectivity index (χ1v) is 9.32. The van der Waals surface area contributed by atoms with Crippen LogP contribution in [0.3, 0.4) is 0 Å². The van der Waals surface area contributed by atoms with Gasteiger partial charge in [0.15, 0.2) is 0 Å². The Balaban J connectivity index is 1.67. The Morgan fingerprint density at radius 3 is 2.74 bits per heavy atom. The average molecular weight is 372 g/mol. The van der Waals surface area contributed by atoms with Crippen LogP contribution < -0.4 is 10.9 Å². The summed E-state index contributed by atoms with van der Waals surface area (Å²) in [7, 11) is 0. The molecule has 1 aliphatic rings. The molecular weight excluding hydrogens is 347 g/mol. The summed E-state index contributed by atoms with van der Waals surface area (Å²) in [5, 5.41) is 7.03. The highest BCUT2D eigenvalue weighted by atomic mass is 19.1. The third-order valence-corrected chi connectivity index (χ3v) is 4.97. The number of nitrogens with zero attached hydrogens (tertiary/aromatic N) is 3. The lowest BCUT2D eigenvalue weighted by molar-refractivity contribution is 0.0911. The average Bonchev–Trinajstić information content (AvgIpc) is 2.67. The predicted molar refractivity (Wildman–Crippen MR) is 102 cm³/mol. The monoisotopic (exact) mass is 372 g/mol. The topological polar surface area (TPSA) is 67.2 Å². The molecule has 1 N–H and O–H groups in total. The molecule has 0 bridgehead atoms. The molecule has 2 heterocycles. The highest BCUT2D eigenvalue weighted by Gasteiger charge is 2.21. The minimum Gasteiger partial charge on any atom is -0.349 e. The first-order chi connectivity index (χ1) is 12.9. The van der Waals surface area contributed by atoms with Gasteiger partial charge in [0, 0.05) is 25.2 Å². The van der Waals surface area contributed by atoms with Gasteiger partial charge in [0.05, 0.1) is 5.69 Å². The minimum absolute atomic E-state index is 0.151. The van der Waals surface area contributed by atoms with E-state index in [1.54, 1.807) is 0 Å². The van der Waals surface area contributed by atoms with Gasteiger partial charge < -0.3 is 5.32 Å². The maximum atomic E-state index is 13.1. The maximum absolute atomic E-state index is 13.1. The summed E-state index contributed by atoms with van der Waals surface area (Å²) in [6, 6.07) is 8.33. The highest BCUT2D eigenvalue weighted by molar-refractivity contribution is 5.92. The molecule has 0 spiro atoms. The van der Waals surface area contributed by atoms with Crippen molar-refractivity contribution in [3.63, 3.8) is 0 Å². The van der Waals surface area contributed by atoms with Crippen molar-refractivity contribution in [1.29, 1.82) is 0 Å². The third kappa shape index (κ3) is 4.80. The number of hydrogen-bond donors (Lipinski definition) is 1. The van der Waals surface area contributed by atoms with Crippen LogP contribution in [0.25, 0.3) is 5.69 Å². The standard InChI is InChI=1S/C20H25FN4O2/c1-14-4-3-11-24(13-14)15(2)12-22-20(27)18-9-10-19(26)25(23-18)17-7-5-16(21)6-8-17/h5-10,14-15H,3-4,11-13H2,1-2H3,(H,22,27)/t14-,15+/m1/s1. The van der Waals surface area contributed by atoms with E-state index in [1.807, 2.05) is 0 Å². The Morgan fingerprint density at radius 1 is 1.30 bits per heavy atom. The predicted octanol–water partition coefficient (Wildman–Crippen LogP) is 2.22. The molecule has 27 heavy (non-hydrogen) atoms. The van der Waals surface area contributed by atoms with Gasteiger partial charge in [-0.1, -0.05) is 6.92 Å². The van der Waals surface area contributed by atoms with Crippen molar-refractivity contribution in [3.05, 3.63) is 58.3 Å². The van der Waals surface area contributed by atoms with E-state index >= 15 is 0 Å². The number of piperidine rings is 1. The zero-order chi connectivity index (χ0) is 19.4. The number of likely N-dealkylation sites (tertiary alicyclic amines) is 1. The van der Waals surface area contributed by atoms with E-state index in [4.69, 9.17) is 0 Å². The SMILES string of the molecule is C[C@@H]1CCCN([C@@H](C)CNC(=O)c2ccc(=O)n(-c3ccc(F)cc3)n2)C1. The van der Waals surface area contributed by atoms with Crippen LogP contribution in [-0.2, 0) is 0 Å². The van der Waals surface area contributed by atoms with Gasteiger partial charge >= 0.3 is 0 Å². The molecule has 2 atom stereocenters. The van der Waals surface area contributed by atoms with E-state index in [2.05, 4.69) is 29.2 Å². The highest BCUT2D eigenvalue weighted by Crippen LogP contribution is 2.17. The molecule has 7 heteroatoms. The number of carbonyl (C=O) groups excluding carboxylic acids is 1. The molecule has 1 fully saturated rings. The lowest BCUT2D eigenvalue weighted by atomic mass is 9.99. The minimum atomic E-state index is -0.401.